The Morgan fingerprint density at radius 3 is 2.46 bits per heavy atom. The highest BCUT2D eigenvalue weighted by Crippen LogP contribution is 2.56. The van der Waals surface area contributed by atoms with Gasteiger partial charge in [-0.25, -0.2) is 0 Å². The third-order valence-corrected chi connectivity index (χ3v) is 4.52. The van der Waals surface area contributed by atoms with Crippen molar-refractivity contribution in [3.05, 3.63) is 59.7 Å². The minimum Gasteiger partial charge on any atom is -0.390 e. The molecule has 0 saturated heterocycles. The Hall–Kier alpha value is -1.99. The number of aliphatic hydroxyl groups is 2. The van der Waals surface area contributed by atoms with Gasteiger partial charge in [0, 0.05) is 24.0 Å². The molecule has 0 aromatic carbocycles. The van der Waals surface area contributed by atoms with Gasteiger partial charge >= 0.3 is 6.18 Å². The van der Waals surface area contributed by atoms with Crippen molar-refractivity contribution in [1.29, 1.82) is 0 Å². The maximum Gasteiger partial charge on any atom is 0.417 e. The van der Waals surface area contributed by atoms with E-state index in [0.29, 0.717) is 5.69 Å². The summed E-state index contributed by atoms with van der Waals surface area (Å²) in [6, 6.07) is 5.99. The van der Waals surface area contributed by atoms with Gasteiger partial charge in [-0.2, -0.15) is 13.2 Å². The highest BCUT2D eigenvalue weighted by molar-refractivity contribution is 5.36. The summed E-state index contributed by atoms with van der Waals surface area (Å²) >= 11 is 0. The fourth-order valence-electron chi connectivity index (χ4n) is 3.55. The van der Waals surface area contributed by atoms with Crippen molar-refractivity contribution >= 4 is 0 Å². The highest BCUT2D eigenvalue weighted by Gasteiger charge is 2.57. The standard InChI is InChI=1S/C17H17F3N2O2/c1-15(24)9-16(10-15,14(23)13-4-2-3-5-22-13)11-6-12(8-21-7-11)17(18,19)20/h2-8,14,23-24H,9-10H2,1H3/t14-,15?,16?/m1/s1. The van der Waals surface area contributed by atoms with Crippen LogP contribution in [0.25, 0.3) is 0 Å². The van der Waals surface area contributed by atoms with Crippen LogP contribution < -0.4 is 0 Å². The predicted molar refractivity (Wildman–Crippen MR) is 80.0 cm³/mol. The largest absolute Gasteiger partial charge is 0.417 e. The molecule has 128 valence electrons. The van der Waals surface area contributed by atoms with E-state index in [4.69, 9.17) is 0 Å². The molecule has 3 rings (SSSR count). The fourth-order valence-corrected chi connectivity index (χ4v) is 3.55. The van der Waals surface area contributed by atoms with Crippen LogP contribution in [0.3, 0.4) is 0 Å². The number of halogens is 3. The summed E-state index contributed by atoms with van der Waals surface area (Å²) in [6.07, 6.45) is -1.83. The van der Waals surface area contributed by atoms with E-state index in [0.717, 1.165) is 12.3 Å². The monoisotopic (exact) mass is 338 g/mol. The second kappa shape index (κ2) is 5.53. The molecule has 0 radical (unpaired) electrons. The van der Waals surface area contributed by atoms with Crippen molar-refractivity contribution in [3.8, 4) is 0 Å². The summed E-state index contributed by atoms with van der Waals surface area (Å²) in [5.41, 5.74) is -2.37. The van der Waals surface area contributed by atoms with E-state index >= 15 is 0 Å². The average molecular weight is 338 g/mol. The smallest absolute Gasteiger partial charge is 0.390 e. The Morgan fingerprint density at radius 2 is 1.92 bits per heavy atom. The third-order valence-electron chi connectivity index (χ3n) is 4.52. The van der Waals surface area contributed by atoms with Gasteiger partial charge in [-0.05, 0) is 43.5 Å². The molecule has 7 heteroatoms. The van der Waals surface area contributed by atoms with Crippen LogP contribution >= 0.6 is 0 Å². The van der Waals surface area contributed by atoms with Gasteiger partial charge in [-0.1, -0.05) is 6.07 Å². The molecule has 2 aromatic rings. The summed E-state index contributed by atoms with van der Waals surface area (Å²) in [5.74, 6) is 0. The van der Waals surface area contributed by atoms with Gasteiger partial charge in [-0.15, -0.1) is 0 Å². The van der Waals surface area contributed by atoms with Crippen LogP contribution in [0.15, 0.2) is 42.9 Å². The molecule has 0 unspecified atom stereocenters. The van der Waals surface area contributed by atoms with E-state index in [1.807, 2.05) is 0 Å². The van der Waals surface area contributed by atoms with Crippen molar-refractivity contribution < 1.29 is 23.4 Å². The minimum absolute atomic E-state index is 0.126. The lowest BCUT2D eigenvalue weighted by Gasteiger charge is -2.54. The number of hydrogen-bond donors (Lipinski definition) is 2. The maximum absolute atomic E-state index is 13.0. The zero-order valence-corrected chi connectivity index (χ0v) is 13.0. The lowest BCUT2D eigenvalue weighted by molar-refractivity contribution is -0.138. The van der Waals surface area contributed by atoms with Gasteiger partial charge in [0.15, 0.2) is 0 Å². The molecule has 1 fully saturated rings. The van der Waals surface area contributed by atoms with Crippen molar-refractivity contribution in [1.82, 2.24) is 9.97 Å². The number of hydrogen-bond acceptors (Lipinski definition) is 4. The summed E-state index contributed by atoms with van der Waals surface area (Å²) in [4.78, 5) is 7.79. The van der Waals surface area contributed by atoms with Gasteiger partial charge in [0.25, 0.3) is 0 Å². The first-order valence-corrected chi connectivity index (χ1v) is 7.48. The van der Waals surface area contributed by atoms with Crippen LogP contribution in [0, 0.1) is 0 Å². The molecule has 0 spiro atoms. The van der Waals surface area contributed by atoms with Crippen LogP contribution in [0.1, 0.15) is 42.7 Å². The molecule has 2 aromatic heterocycles. The second-order valence-electron chi connectivity index (χ2n) is 6.62. The maximum atomic E-state index is 13.0. The second-order valence-corrected chi connectivity index (χ2v) is 6.62. The first-order valence-electron chi connectivity index (χ1n) is 7.48. The SMILES string of the molecule is CC1(O)CC(c2cncc(C(F)(F)F)c2)([C@H](O)c2ccccn2)C1. The molecule has 1 atom stereocenters. The highest BCUT2D eigenvalue weighted by atomic mass is 19.4. The molecule has 2 N–H and O–H groups in total. The molecular weight excluding hydrogens is 321 g/mol. The number of nitrogens with zero attached hydrogens (tertiary/aromatic N) is 2. The zero-order chi connectivity index (χ0) is 17.6. The van der Waals surface area contributed by atoms with E-state index in [1.54, 1.807) is 25.1 Å². The molecule has 2 heterocycles. The molecule has 24 heavy (non-hydrogen) atoms. The lowest BCUT2D eigenvalue weighted by atomic mass is 9.53. The molecule has 4 nitrogen and oxygen atoms in total. The number of alkyl halides is 3. The zero-order valence-electron chi connectivity index (χ0n) is 13.0. The summed E-state index contributed by atoms with van der Waals surface area (Å²) < 4.78 is 39.0. The van der Waals surface area contributed by atoms with E-state index in [1.165, 1.54) is 12.4 Å². The van der Waals surface area contributed by atoms with Gasteiger partial charge in [0.2, 0.25) is 0 Å². The lowest BCUT2D eigenvalue weighted by Crippen LogP contribution is -2.56. The van der Waals surface area contributed by atoms with Crippen molar-refractivity contribution in [2.75, 3.05) is 0 Å². The normalized spacial score (nSPS) is 28.2. The molecular formula is C17H17F3N2O2. The predicted octanol–water partition coefficient (Wildman–Crippen LogP) is 3.01. The van der Waals surface area contributed by atoms with E-state index in [-0.39, 0.29) is 18.4 Å². The summed E-state index contributed by atoms with van der Waals surface area (Å²) in [5, 5.41) is 20.9. The van der Waals surface area contributed by atoms with Crippen LogP contribution in [-0.2, 0) is 11.6 Å². The third kappa shape index (κ3) is 2.89. The van der Waals surface area contributed by atoms with Crippen LogP contribution in [-0.4, -0.2) is 25.8 Å². The van der Waals surface area contributed by atoms with Crippen LogP contribution in [0.5, 0.6) is 0 Å². The number of aromatic nitrogens is 2. The Labute approximate surface area is 137 Å². The number of rotatable bonds is 3. The summed E-state index contributed by atoms with van der Waals surface area (Å²) in [7, 11) is 0. The Balaban J connectivity index is 2.05. The fraction of sp³-hybridized carbons (Fsp3) is 0.412. The first kappa shape index (κ1) is 16.9. The van der Waals surface area contributed by atoms with Gasteiger partial charge < -0.3 is 10.2 Å². The Kier molecular flexibility index (Phi) is 3.88. The molecule has 1 aliphatic rings. The summed E-state index contributed by atoms with van der Waals surface area (Å²) in [6.45, 7) is 1.59. The van der Waals surface area contributed by atoms with Crippen molar-refractivity contribution in [3.63, 3.8) is 0 Å². The Bertz CT molecular complexity index is 724. The first-order chi connectivity index (χ1) is 11.1. The minimum atomic E-state index is -4.52. The number of aliphatic hydroxyl groups excluding tert-OH is 1. The molecule has 0 bridgehead atoms. The molecule has 0 aliphatic heterocycles. The average Bonchev–Trinajstić information content (AvgIpc) is 2.51. The van der Waals surface area contributed by atoms with Crippen molar-refractivity contribution in [2.45, 2.75) is 43.1 Å². The topological polar surface area (TPSA) is 66.2 Å². The van der Waals surface area contributed by atoms with Gasteiger partial charge in [0.1, 0.15) is 6.10 Å². The Morgan fingerprint density at radius 1 is 1.21 bits per heavy atom. The van der Waals surface area contributed by atoms with E-state index in [2.05, 4.69) is 9.97 Å². The van der Waals surface area contributed by atoms with Crippen LogP contribution in [0.4, 0.5) is 13.2 Å². The van der Waals surface area contributed by atoms with Gasteiger partial charge in [0.05, 0.1) is 16.9 Å². The number of pyridine rings is 2. The van der Waals surface area contributed by atoms with E-state index < -0.39 is 28.9 Å². The quantitative estimate of drug-likeness (QED) is 0.903. The van der Waals surface area contributed by atoms with Gasteiger partial charge in [-0.3, -0.25) is 9.97 Å². The van der Waals surface area contributed by atoms with Crippen LogP contribution in [0.2, 0.25) is 0 Å². The molecule has 1 saturated carbocycles. The van der Waals surface area contributed by atoms with Crippen molar-refractivity contribution in [2.24, 2.45) is 0 Å². The molecule has 1 aliphatic carbocycles. The van der Waals surface area contributed by atoms with E-state index in [9.17, 15) is 23.4 Å². The molecule has 0 amide bonds.